The van der Waals surface area contributed by atoms with Crippen LogP contribution in [0.3, 0.4) is 0 Å². The minimum atomic E-state index is -1.12. The van der Waals surface area contributed by atoms with Crippen molar-refractivity contribution in [2.45, 2.75) is 44.2 Å². The van der Waals surface area contributed by atoms with Gasteiger partial charge in [0.15, 0.2) is 0 Å². The molecule has 31 heavy (non-hydrogen) atoms. The van der Waals surface area contributed by atoms with Crippen LogP contribution in [0, 0.1) is 6.92 Å². The number of amides is 1. The van der Waals surface area contributed by atoms with E-state index in [1.54, 1.807) is 12.4 Å². The van der Waals surface area contributed by atoms with Gasteiger partial charge >= 0.3 is 0 Å². The van der Waals surface area contributed by atoms with Gasteiger partial charge in [0.2, 0.25) is 0 Å². The molecule has 2 aromatic rings. The molecule has 5 heterocycles. The number of nitrogens with zero attached hydrogens (tertiary/aromatic N) is 5. The fourth-order valence-corrected chi connectivity index (χ4v) is 4.39. The van der Waals surface area contributed by atoms with Crippen LogP contribution < -0.4 is 5.32 Å². The number of anilines is 1. The number of aryl methyl sites for hydroxylation is 1. The van der Waals surface area contributed by atoms with E-state index in [4.69, 9.17) is 4.74 Å². The zero-order valence-corrected chi connectivity index (χ0v) is 17.0. The highest BCUT2D eigenvalue weighted by Crippen LogP contribution is 2.35. The van der Waals surface area contributed by atoms with Crippen LogP contribution in [0.4, 0.5) is 10.2 Å². The number of pyridine rings is 1. The van der Waals surface area contributed by atoms with Gasteiger partial charge in [0, 0.05) is 18.8 Å². The van der Waals surface area contributed by atoms with Gasteiger partial charge in [0.25, 0.3) is 5.91 Å². The fraction of sp³-hybridized carbons (Fsp3) is 0.476. The maximum atomic E-state index is 14.4. The highest BCUT2D eigenvalue weighted by atomic mass is 19.1. The van der Waals surface area contributed by atoms with Crippen molar-refractivity contribution >= 4 is 17.4 Å². The first-order valence-electron chi connectivity index (χ1n) is 10.3. The predicted molar refractivity (Wildman–Crippen MR) is 109 cm³/mol. The number of carbonyl (C=O) groups excluding carboxylic acids is 1. The summed E-state index contributed by atoms with van der Waals surface area (Å²) in [4.78, 5) is 32.2. The molecule has 2 N–H and O–H groups in total. The van der Waals surface area contributed by atoms with Crippen molar-refractivity contribution in [2.75, 3.05) is 25.1 Å². The number of aliphatic hydroxyl groups excluding tert-OH is 1. The largest absolute Gasteiger partial charge is 0.388 e. The second kappa shape index (κ2) is 7.93. The van der Waals surface area contributed by atoms with Crippen LogP contribution in [-0.4, -0.2) is 74.7 Å². The number of nitrogens with one attached hydrogen (secondary N) is 1. The molecule has 0 aliphatic carbocycles. The third-order valence-electron chi connectivity index (χ3n) is 5.92. The van der Waals surface area contributed by atoms with E-state index < -0.39 is 18.3 Å². The maximum absolute atomic E-state index is 14.4. The first kappa shape index (κ1) is 20.0. The average molecular weight is 426 g/mol. The molecule has 0 bridgehead atoms. The minimum absolute atomic E-state index is 0.00255. The molecular formula is C21H23FN6O3. The summed E-state index contributed by atoms with van der Waals surface area (Å²) in [5.41, 5.74) is 3.11. The summed E-state index contributed by atoms with van der Waals surface area (Å²) < 4.78 is 19.7. The second-order valence-electron chi connectivity index (χ2n) is 8.17. The maximum Gasteiger partial charge on any atom is 0.273 e. The highest BCUT2D eigenvalue weighted by molar-refractivity contribution is 6.47. The van der Waals surface area contributed by atoms with E-state index in [0.717, 1.165) is 11.1 Å². The van der Waals surface area contributed by atoms with Crippen molar-refractivity contribution < 1.29 is 19.0 Å². The molecule has 0 aromatic carbocycles. The van der Waals surface area contributed by atoms with Crippen molar-refractivity contribution in [1.29, 1.82) is 0 Å². The Labute approximate surface area is 178 Å². The molecule has 0 saturated carbocycles. The number of fused-ring (bicyclic) bond motifs is 1. The van der Waals surface area contributed by atoms with Gasteiger partial charge in [0.05, 0.1) is 55.7 Å². The van der Waals surface area contributed by atoms with Crippen LogP contribution in [-0.2, 0) is 16.1 Å². The van der Waals surface area contributed by atoms with Crippen molar-refractivity contribution in [1.82, 2.24) is 19.9 Å². The lowest BCUT2D eigenvalue weighted by atomic mass is 10.0. The summed E-state index contributed by atoms with van der Waals surface area (Å²) in [5, 5.41) is 13.2. The van der Waals surface area contributed by atoms with E-state index in [1.807, 2.05) is 13.0 Å². The molecular weight excluding hydrogens is 403 g/mol. The van der Waals surface area contributed by atoms with Crippen molar-refractivity contribution in [3.63, 3.8) is 0 Å². The number of likely N-dealkylation sites (tertiary alicyclic amines) is 1. The molecule has 3 aliphatic heterocycles. The van der Waals surface area contributed by atoms with Crippen LogP contribution in [0.1, 0.15) is 34.8 Å². The summed E-state index contributed by atoms with van der Waals surface area (Å²) in [7, 11) is 0. The van der Waals surface area contributed by atoms with Crippen molar-refractivity contribution in [3.8, 4) is 0 Å². The number of carbonyl (C=O) groups is 1. The van der Waals surface area contributed by atoms with Gasteiger partial charge in [-0.05, 0) is 18.1 Å². The monoisotopic (exact) mass is 426 g/mol. The molecule has 0 radical (unpaired) electrons. The number of aromatic nitrogens is 3. The standard InChI is InChI=1S/C21H23FN6O3/c1-11-2-12(5-23-4-11)16-3-13(22)7-28(16)21(30)19-18-14(6-24-19)25-10-26-20(18)27-15-8-31-9-17(15)29/h2,4-5,10,13,15-17,29H,3,6-9H2,1H3,(H,25,26,27)/t13-,15+,16+,17+/m0/s1. The van der Waals surface area contributed by atoms with Gasteiger partial charge in [-0.1, -0.05) is 6.07 Å². The normalized spacial score (nSPS) is 27.3. The second-order valence-corrected chi connectivity index (χ2v) is 8.17. The van der Waals surface area contributed by atoms with Crippen LogP contribution in [0.2, 0.25) is 0 Å². The minimum Gasteiger partial charge on any atom is -0.388 e. The van der Waals surface area contributed by atoms with E-state index in [0.29, 0.717) is 23.7 Å². The van der Waals surface area contributed by atoms with E-state index in [1.165, 1.54) is 11.2 Å². The van der Waals surface area contributed by atoms with E-state index in [9.17, 15) is 14.3 Å². The summed E-state index contributed by atoms with van der Waals surface area (Å²) in [5.74, 6) is 0.0698. The summed E-state index contributed by atoms with van der Waals surface area (Å²) >= 11 is 0. The molecule has 1 amide bonds. The molecule has 3 aliphatic rings. The van der Waals surface area contributed by atoms with Gasteiger partial charge in [-0.15, -0.1) is 0 Å². The van der Waals surface area contributed by atoms with E-state index in [2.05, 4.69) is 25.3 Å². The van der Waals surface area contributed by atoms with Gasteiger partial charge in [-0.2, -0.15) is 0 Å². The molecule has 162 valence electrons. The SMILES string of the molecule is Cc1cncc([C@H]2C[C@H](F)CN2C(=O)C2=NCc3ncnc(N[C@@H]4COC[C@H]4O)c32)c1. The fourth-order valence-electron chi connectivity index (χ4n) is 4.39. The van der Waals surface area contributed by atoms with Gasteiger partial charge in [0.1, 0.15) is 24.0 Å². The number of rotatable bonds is 4. The number of alkyl halides is 1. The quantitative estimate of drug-likeness (QED) is 0.749. The van der Waals surface area contributed by atoms with Gasteiger partial charge in [-0.3, -0.25) is 14.8 Å². The van der Waals surface area contributed by atoms with Crippen LogP contribution in [0.15, 0.2) is 29.8 Å². The Morgan fingerprint density at radius 3 is 2.97 bits per heavy atom. The van der Waals surface area contributed by atoms with Crippen LogP contribution in [0.25, 0.3) is 0 Å². The average Bonchev–Trinajstić information content (AvgIpc) is 3.47. The third kappa shape index (κ3) is 3.66. The molecule has 5 rings (SSSR count). The molecule has 10 heteroatoms. The molecule has 2 fully saturated rings. The highest BCUT2D eigenvalue weighted by Gasteiger charge is 2.41. The Morgan fingerprint density at radius 2 is 2.19 bits per heavy atom. The summed E-state index contributed by atoms with van der Waals surface area (Å²) in [6.45, 7) is 2.73. The Balaban J connectivity index is 1.45. The van der Waals surface area contributed by atoms with Crippen molar-refractivity contribution in [2.24, 2.45) is 4.99 Å². The topological polar surface area (TPSA) is 113 Å². The zero-order chi connectivity index (χ0) is 21.5. The molecule has 9 nitrogen and oxygen atoms in total. The molecule has 4 atom stereocenters. The molecule has 2 saturated heterocycles. The lowest BCUT2D eigenvalue weighted by Crippen LogP contribution is -2.38. The Morgan fingerprint density at radius 1 is 1.32 bits per heavy atom. The number of aliphatic hydroxyl groups is 1. The summed E-state index contributed by atoms with van der Waals surface area (Å²) in [6, 6.07) is 1.18. The zero-order valence-electron chi connectivity index (χ0n) is 17.0. The first-order chi connectivity index (χ1) is 15.0. The predicted octanol–water partition coefficient (Wildman–Crippen LogP) is 0.966. The summed E-state index contributed by atoms with van der Waals surface area (Å²) in [6.07, 6.45) is 3.24. The number of aliphatic imine (C=N–C) groups is 1. The third-order valence-corrected chi connectivity index (χ3v) is 5.92. The number of hydrogen-bond acceptors (Lipinski definition) is 8. The Bertz CT molecular complexity index is 1050. The number of ether oxygens (including phenoxy) is 1. The Kier molecular flexibility index (Phi) is 5.11. The van der Waals surface area contributed by atoms with E-state index >= 15 is 0 Å². The Hall–Kier alpha value is -2.98. The van der Waals surface area contributed by atoms with Crippen LogP contribution in [0.5, 0.6) is 0 Å². The van der Waals surface area contributed by atoms with E-state index in [-0.39, 0.29) is 43.8 Å². The van der Waals surface area contributed by atoms with Crippen molar-refractivity contribution in [3.05, 3.63) is 47.2 Å². The van der Waals surface area contributed by atoms with Gasteiger partial charge in [-0.25, -0.2) is 14.4 Å². The molecule has 2 aromatic heterocycles. The lowest BCUT2D eigenvalue weighted by Gasteiger charge is -2.25. The number of halogens is 1. The molecule has 0 spiro atoms. The van der Waals surface area contributed by atoms with Gasteiger partial charge < -0.3 is 20.1 Å². The smallest absolute Gasteiger partial charge is 0.273 e. The first-order valence-corrected chi connectivity index (χ1v) is 10.3. The molecule has 0 unspecified atom stereocenters. The lowest BCUT2D eigenvalue weighted by molar-refractivity contribution is -0.125. The van der Waals surface area contributed by atoms with Crippen LogP contribution >= 0.6 is 0 Å². The number of hydrogen-bond donors (Lipinski definition) is 2.